The second-order valence-corrected chi connectivity index (χ2v) is 4.71. The van der Waals surface area contributed by atoms with Crippen LogP contribution in [0.5, 0.6) is 0 Å². The fourth-order valence-corrected chi connectivity index (χ4v) is 2.25. The minimum Gasteiger partial charge on any atom is -0.477 e. The van der Waals surface area contributed by atoms with Crippen LogP contribution in [-0.2, 0) is 16.1 Å². The third-order valence-electron chi connectivity index (χ3n) is 3.34. The second kappa shape index (κ2) is 6.38. The predicted octanol–water partition coefficient (Wildman–Crippen LogP) is 0.991. The molecule has 2 heterocycles. The molecule has 1 amide bonds. The molecule has 1 aliphatic rings. The zero-order valence-electron chi connectivity index (χ0n) is 11.4. The monoisotopic (exact) mass is 278 g/mol. The Morgan fingerprint density at radius 3 is 2.85 bits per heavy atom. The van der Waals surface area contributed by atoms with E-state index in [0.717, 1.165) is 6.42 Å². The lowest BCUT2D eigenvalue weighted by Crippen LogP contribution is -2.37. The summed E-state index contributed by atoms with van der Waals surface area (Å²) in [7, 11) is 1.65. The summed E-state index contributed by atoms with van der Waals surface area (Å²) in [4.78, 5) is 24.9. The van der Waals surface area contributed by atoms with Gasteiger partial charge in [-0.2, -0.15) is 0 Å². The lowest BCUT2D eigenvalue weighted by atomic mass is 10.1. The van der Waals surface area contributed by atoms with Crippen LogP contribution in [0.4, 0.5) is 0 Å². The lowest BCUT2D eigenvalue weighted by molar-refractivity contribution is -0.131. The van der Waals surface area contributed by atoms with Gasteiger partial charge in [-0.3, -0.25) is 4.79 Å². The molecule has 0 saturated carbocycles. The van der Waals surface area contributed by atoms with Crippen molar-refractivity contribution in [3.63, 3.8) is 0 Å². The lowest BCUT2D eigenvalue weighted by Gasteiger charge is -2.26. The van der Waals surface area contributed by atoms with E-state index in [1.54, 1.807) is 24.3 Å². The zero-order valence-corrected chi connectivity index (χ0v) is 11.4. The van der Waals surface area contributed by atoms with Crippen LogP contribution in [0.15, 0.2) is 30.0 Å². The van der Waals surface area contributed by atoms with Crippen molar-refractivity contribution in [2.75, 3.05) is 26.8 Å². The first kappa shape index (κ1) is 14.3. The number of carboxylic acids is 1. The fraction of sp³-hybridized carbons (Fsp3) is 0.429. The molecular formula is C14H18N2O4. The summed E-state index contributed by atoms with van der Waals surface area (Å²) in [5.74, 6) is -1.10. The van der Waals surface area contributed by atoms with Crippen molar-refractivity contribution in [2.24, 2.45) is 0 Å². The molecule has 1 aliphatic heterocycles. The minimum atomic E-state index is -1.02. The summed E-state index contributed by atoms with van der Waals surface area (Å²) >= 11 is 0. The van der Waals surface area contributed by atoms with Crippen molar-refractivity contribution >= 4 is 11.9 Å². The summed E-state index contributed by atoms with van der Waals surface area (Å²) in [6.07, 6.45) is 4.41. The van der Waals surface area contributed by atoms with Gasteiger partial charge in [0.05, 0.1) is 6.61 Å². The van der Waals surface area contributed by atoms with Crippen LogP contribution in [0.3, 0.4) is 0 Å². The number of aromatic carboxylic acids is 1. The van der Waals surface area contributed by atoms with Crippen LogP contribution >= 0.6 is 0 Å². The predicted molar refractivity (Wildman–Crippen MR) is 72.5 cm³/mol. The first-order valence-corrected chi connectivity index (χ1v) is 6.45. The highest BCUT2D eigenvalue weighted by Crippen LogP contribution is 2.12. The Morgan fingerprint density at radius 2 is 2.25 bits per heavy atom. The quantitative estimate of drug-likeness (QED) is 0.815. The number of hydrogen-bond acceptors (Lipinski definition) is 3. The van der Waals surface area contributed by atoms with E-state index in [-0.39, 0.29) is 18.1 Å². The molecule has 1 N–H and O–H groups in total. The van der Waals surface area contributed by atoms with Gasteiger partial charge in [0.2, 0.25) is 5.91 Å². The molecular weight excluding hydrogens is 260 g/mol. The molecule has 0 spiro atoms. The molecule has 0 fully saturated rings. The van der Waals surface area contributed by atoms with Gasteiger partial charge in [-0.25, -0.2) is 4.79 Å². The molecule has 0 atom stereocenters. The van der Waals surface area contributed by atoms with E-state index in [9.17, 15) is 9.59 Å². The molecule has 0 saturated heterocycles. The maximum Gasteiger partial charge on any atom is 0.352 e. The van der Waals surface area contributed by atoms with E-state index in [4.69, 9.17) is 9.84 Å². The number of rotatable bonds is 5. The highest BCUT2D eigenvalue weighted by atomic mass is 16.5. The van der Waals surface area contributed by atoms with Crippen LogP contribution in [0.25, 0.3) is 0 Å². The van der Waals surface area contributed by atoms with Crippen molar-refractivity contribution < 1.29 is 19.4 Å². The van der Waals surface area contributed by atoms with Gasteiger partial charge in [-0.15, -0.1) is 0 Å². The van der Waals surface area contributed by atoms with Gasteiger partial charge in [0.25, 0.3) is 0 Å². The van der Waals surface area contributed by atoms with E-state index < -0.39 is 5.97 Å². The molecule has 2 rings (SSSR count). The standard InChI is InChI=1S/C14H18N2O4/c1-20-10-11-4-7-15(8-5-11)13(17)9-16-6-2-3-12(16)14(18)19/h2-4,6H,5,7-10H2,1H3,(H,18,19). The highest BCUT2D eigenvalue weighted by Gasteiger charge is 2.19. The Kier molecular flexibility index (Phi) is 4.57. The fourth-order valence-electron chi connectivity index (χ4n) is 2.25. The molecule has 0 unspecified atom stereocenters. The topological polar surface area (TPSA) is 71.8 Å². The Balaban J connectivity index is 1.96. The van der Waals surface area contributed by atoms with Gasteiger partial charge < -0.3 is 19.3 Å². The number of ether oxygens (including phenoxy) is 1. The number of carboxylic acid groups (broad SMARTS) is 1. The van der Waals surface area contributed by atoms with Crippen molar-refractivity contribution in [3.05, 3.63) is 35.7 Å². The molecule has 0 radical (unpaired) electrons. The number of amides is 1. The highest BCUT2D eigenvalue weighted by molar-refractivity contribution is 5.87. The van der Waals surface area contributed by atoms with E-state index in [0.29, 0.717) is 19.7 Å². The molecule has 20 heavy (non-hydrogen) atoms. The minimum absolute atomic E-state index is 0.0576. The summed E-state index contributed by atoms with van der Waals surface area (Å²) < 4.78 is 6.52. The van der Waals surface area contributed by atoms with Gasteiger partial charge in [0, 0.05) is 26.4 Å². The Hall–Kier alpha value is -2.08. The normalized spacial score (nSPS) is 15.1. The van der Waals surface area contributed by atoms with Crippen molar-refractivity contribution in [3.8, 4) is 0 Å². The third-order valence-corrected chi connectivity index (χ3v) is 3.34. The van der Waals surface area contributed by atoms with Gasteiger partial charge in [-0.05, 0) is 24.1 Å². The van der Waals surface area contributed by atoms with Crippen LogP contribution in [-0.4, -0.2) is 53.3 Å². The molecule has 0 aromatic carbocycles. The number of hydrogen-bond donors (Lipinski definition) is 1. The van der Waals surface area contributed by atoms with E-state index in [2.05, 4.69) is 0 Å². The first-order valence-electron chi connectivity index (χ1n) is 6.45. The average Bonchev–Trinajstić information content (AvgIpc) is 2.88. The number of nitrogens with zero attached hydrogens (tertiary/aromatic N) is 2. The summed E-state index contributed by atoms with van der Waals surface area (Å²) in [5, 5.41) is 9.00. The molecule has 1 aromatic heterocycles. The number of carbonyl (C=O) groups is 2. The molecule has 0 aliphatic carbocycles. The molecule has 6 heteroatoms. The number of methoxy groups -OCH3 is 1. The molecule has 0 bridgehead atoms. The molecule has 6 nitrogen and oxygen atoms in total. The SMILES string of the molecule is COCC1=CCN(C(=O)Cn2cccc2C(=O)O)CC1. The summed E-state index contributed by atoms with van der Waals surface area (Å²) in [6, 6.07) is 3.12. The van der Waals surface area contributed by atoms with Crippen LogP contribution < -0.4 is 0 Å². The van der Waals surface area contributed by atoms with Crippen LogP contribution in [0.2, 0.25) is 0 Å². The van der Waals surface area contributed by atoms with Gasteiger partial charge in [-0.1, -0.05) is 6.08 Å². The van der Waals surface area contributed by atoms with Gasteiger partial charge >= 0.3 is 5.97 Å². The Bertz CT molecular complexity index is 533. The van der Waals surface area contributed by atoms with Crippen molar-refractivity contribution in [1.29, 1.82) is 0 Å². The molecule has 1 aromatic rings. The molecule has 108 valence electrons. The summed E-state index contributed by atoms with van der Waals surface area (Å²) in [6.45, 7) is 1.86. The maximum atomic E-state index is 12.2. The van der Waals surface area contributed by atoms with Crippen LogP contribution in [0, 0.1) is 0 Å². The van der Waals surface area contributed by atoms with Gasteiger partial charge in [0.1, 0.15) is 12.2 Å². The smallest absolute Gasteiger partial charge is 0.352 e. The van der Waals surface area contributed by atoms with Crippen molar-refractivity contribution in [2.45, 2.75) is 13.0 Å². The number of aromatic nitrogens is 1. The maximum absolute atomic E-state index is 12.2. The Labute approximate surface area is 117 Å². The first-order chi connectivity index (χ1) is 9.61. The largest absolute Gasteiger partial charge is 0.477 e. The Morgan fingerprint density at radius 1 is 1.45 bits per heavy atom. The van der Waals surface area contributed by atoms with Crippen LogP contribution in [0.1, 0.15) is 16.9 Å². The van der Waals surface area contributed by atoms with E-state index >= 15 is 0 Å². The third kappa shape index (κ3) is 3.27. The summed E-state index contributed by atoms with van der Waals surface area (Å²) in [5.41, 5.74) is 1.33. The average molecular weight is 278 g/mol. The van der Waals surface area contributed by atoms with Gasteiger partial charge in [0.15, 0.2) is 0 Å². The number of carbonyl (C=O) groups excluding carboxylic acids is 1. The van der Waals surface area contributed by atoms with Crippen molar-refractivity contribution in [1.82, 2.24) is 9.47 Å². The second-order valence-electron chi connectivity index (χ2n) is 4.71. The zero-order chi connectivity index (χ0) is 14.5. The van der Waals surface area contributed by atoms with E-state index in [1.165, 1.54) is 16.2 Å². The van der Waals surface area contributed by atoms with E-state index in [1.807, 2.05) is 6.08 Å².